The quantitative estimate of drug-likeness (QED) is 0.770. The number of aliphatic hydroxyl groups is 1. The van der Waals surface area contributed by atoms with Crippen molar-refractivity contribution < 1.29 is 23.8 Å². The molecule has 5 rings (SSSR count). The molecule has 4 aliphatic rings. The number of halogens is 2. The summed E-state index contributed by atoms with van der Waals surface area (Å²) in [5.41, 5.74) is -2.47. The van der Waals surface area contributed by atoms with Gasteiger partial charge in [0.15, 0.2) is 0 Å². The molecule has 136 valence electrons. The fraction of sp³-hybridized carbons (Fsp3) is 0.706. The second kappa shape index (κ2) is 5.59. The van der Waals surface area contributed by atoms with Crippen LogP contribution in [0.4, 0.5) is 14.7 Å². The Morgan fingerprint density at radius 2 is 2.08 bits per heavy atom. The molecule has 0 radical (unpaired) electrons. The molecule has 4 fully saturated rings. The standard InChI is InChI=1S/C17H21F2N3O3/c18-13(19)12-11(14(23)24)7-20-15(21-12)22-16-2-1-9-3-10(4-16)6-17(25,5-9)8-16/h7,9-10,13,25H,1-6,8H2,(H,23,24)(H,20,21,22). The molecule has 4 aliphatic carbocycles. The molecule has 0 saturated heterocycles. The van der Waals surface area contributed by atoms with E-state index in [4.69, 9.17) is 5.11 Å². The summed E-state index contributed by atoms with van der Waals surface area (Å²) in [5, 5.41) is 23.1. The van der Waals surface area contributed by atoms with Crippen molar-refractivity contribution >= 4 is 11.9 Å². The van der Waals surface area contributed by atoms with Crippen LogP contribution >= 0.6 is 0 Å². The van der Waals surface area contributed by atoms with E-state index in [1.807, 2.05) is 0 Å². The number of alkyl halides is 2. The molecular formula is C17H21F2N3O3. The maximum atomic E-state index is 13.2. The highest BCUT2D eigenvalue weighted by Crippen LogP contribution is 2.55. The zero-order valence-corrected chi connectivity index (χ0v) is 13.7. The van der Waals surface area contributed by atoms with Gasteiger partial charge >= 0.3 is 5.97 Å². The second-order valence-electron chi connectivity index (χ2n) is 8.02. The monoisotopic (exact) mass is 353 g/mol. The Hall–Kier alpha value is -1.83. The summed E-state index contributed by atoms with van der Waals surface area (Å²) in [7, 11) is 0. The van der Waals surface area contributed by atoms with Crippen molar-refractivity contribution in [3.63, 3.8) is 0 Å². The van der Waals surface area contributed by atoms with Gasteiger partial charge in [0.05, 0.1) is 5.60 Å². The predicted molar refractivity (Wildman–Crippen MR) is 84.6 cm³/mol. The summed E-state index contributed by atoms with van der Waals surface area (Å²) in [6.45, 7) is 0. The van der Waals surface area contributed by atoms with E-state index >= 15 is 0 Å². The Labute approximate surface area is 143 Å². The summed E-state index contributed by atoms with van der Waals surface area (Å²) >= 11 is 0. The number of rotatable bonds is 4. The molecule has 4 saturated carbocycles. The van der Waals surface area contributed by atoms with Crippen molar-refractivity contribution in [3.8, 4) is 0 Å². The summed E-state index contributed by atoms with van der Waals surface area (Å²) < 4.78 is 26.3. The molecule has 1 heterocycles. The number of anilines is 1. The minimum atomic E-state index is -2.99. The molecule has 25 heavy (non-hydrogen) atoms. The minimum Gasteiger partial charge on any atom is -0.478 e. The van der Waals surface area contributed by atoms with E-state index in [2.05, 4.69) is 15.3 Å². The van der Waals surface area contributed by atoms with Crippen LogP contribution in [0.25, 0.3) is 0 Å². The molecule has 0 aromatic carbocycles. The van der Waals surface area contributed by atoms with E-state index in [1.54, 1.807) is 0 Å². The van der Waals surface area contributed by atoms with Crippen LogP contribution in [-0.4, -0.2) is 37.3 Å². The molecular weight excluding hydrogens is 332 g/mol. The van der Waals surface area contributed by atoms with Gasteiger partial charge in [0.1, 0.15) is 11.3 Å². The van der Waals surface area contributed by atoms with Crippen LogP contribution in [-0.2, 0) is 0 Å². The lowest BCUT2D eigenvalue weighted by Gasteiger charge is -2.50. The van der Waals surface area contributed by atoms with Crippen LogP contribution in [0, 0.1) is 11.8 Å². The van der Waals surface area contributed by atoms with Gasteiger partial charge in [-0.2, -0.15) is 0 Å². The smallest absolute Gasteiger partial charge is 0.339 e. The Kier molecular flexibility index (Phi) is 3.72. The number of carboxylic acid groups (broad SMARTS) is 1. The number of aromatic carboxylic acids is 1. The molecule has 4 atom stereocenters. The highest BCUT2D eigenvalue weighted by Gasteiger charge is 2.54. The fourth-order valence-corrected chi connectivity index (χ4v) is 5.42. The predicted octanol–water partition coefficient (Wildman–Crippen LogP) is 3.00. The van der Waals surface area contributed by atoms with Crippen molar-refractivity contribution in [2.45, 2.75) is 62.5 Å². The minimum absolute atomic E-state index is 0.0173. The topological polar surface area (TPSA) is 95.3 Å². The lowest BCUT2D eigenvalue weighted by molar-refractivity contribution is -0.0732. The maximum absolute atomic E-state index is 13.2. The Balaban J connectivity index is 1.65. The van der Waals surface area contributed by atoms with Crippen LogP contribution in [0.3, 0.4) is 0 Å². The third kappa shape index (κ3) is 2.96. The largest absolute Gasteiger partial charge is 0.478 e. The average Bonchev–Trinajstić information content (AvgIpc) is 2.68. The highest BCUT2D eigenvalue weighted by molar-refractivity contribution is 5.88. The third-order valence-corrected chi connectivity index (χ3v) is 6.01. The van der Waals surface area contributed by atoms with Crippen molar-refractivity contribution in [1.29, 1.82) is 0 Å². The van der Waals surface area contributed by atoms with E-state index in [0.717, 1.165) is 44.7 Å². The van der Waals surface area contributed by atoms with Gasteiger partial charge in [-0.15, -0.1) is 0 Å². The van der Waals surface area contributed by atoms with Crippen LogP contribution < -0.4 is 5.32 Å². The molecule has 0 amide bonds. The fourth-order valence-electron chi connectivity index (χ4n) is 5.42. The lowest BCUT2D eigenvalue weighted by Crippen LogP contribution is -2.53. The van der Waals surface area contributed by atoms with Gasteiger partial charge in [-0.05, 0) is 56.8 Å². The second-order valence-corrected chi connectivity index (χ2v) is 8.02. The number of carboxylic acids is 1. The number of hydrogen-bond acceptors (Lipinski definition) is 5. The Morgan fingerprint density at radius 3 is 2.76 bits per heavy atom. The van der Waals surface area contributed by atoms with Crippen molar-refractivity contribution in [2.24, 2.45) is 11.8 Å². The first-order chi connectivity index (χ1) is 11.8. The summed E-state index contributed by atoms with van der Waals surface area (Å²) in [6.07, 6.45) is 3.89. The molecule has 1 aromatic heterocycles. The van der Waals surface area contributed by atoms with Crippen LogP contribution in [0.5, 0.6) is 0 Å². The van der Waals surface area contributed by atoms with E-state index in [1.165, 1.54) is 0 Å². The first-order valence-electron chi connectivity index (χ1n) is 8.66. The van der Waals surface area contributed by atoms with E-state index in [0.29, 0.717) is 18.3 Å². The number of fused-ring (bicyclic) bond motifs is 1. The molecule has 8 heteroatoms. The van der Waals surface area contributed by atoms with Crippen LogP contribution in [0.2, 0.25) is 0 Å². The molecule has 1 aromatic rings. The maximum Gasteiger partial charge on any atom is 0.339 e. The summed E-state index contributed by atoms with van der Waals surface area (Å²) in [6, 6.07) is 0. The number of hydrogen-bond donors (Lipinski definition) is 3. The van der Waals surface area contributed by atoms with Gasteiger partial charge in [-0.3, -0.25) is 0 Å². The van der Waals surface area contributed by atoms with Crippen molar-refractivity contribution in [1.82, 2.24) is 9.97 Å². The van der Waals surface area contributed by atoms with Gasteiger partial charge in [0, 0.05) is 11.7 Å². The average molecular weight is 353 g/mol. The van der Waals surface area contributed by atoms with E-state index < -0.39 is 34.8 Å². The van der Waals surface area contributed by atoms with E-state index in [-0.39, 0.29) is 5.95 Å². The van der Waals surface area contributed by atoms with E-state index in [9.17, 15) is 18.7 Å². The van der Waals surface area contributed by atoms with Crippen LogP contribution in [0.15, 0.2) is 6.20 Å². The first-order valence-corrected chi connectivity index (χ1v) is 8.66. The van der Waals surface area contributed by atoms with Gasteiger partial charge < -0.3 is 15.5 Å². The van der Waals surface area contributed by atoms with Gasteiger partial charge in [0.25, 0.3) is 6.43 Å². The molecule has 4 bridgehead atoms. The number of nitrogens with zero attached hydrogens (tertiary/aromatic N) is 2. The van der Waals surface area contributed by atoms with Crippen molar-refractivity contribution in [2.75, 3.05) is 5.32 Å². The highest BCUT2D eigenvalue weighted by atomic mass is 19.3. The summed E-state index contributed by atoms with van der Waals surface area (Å²) in [4.78, 5) is 18.8. The molecule has 4 unspecified atom stereocenters. The number of aromatic nitrogens is 2. The molecule has 0 spiro atoms. The molecule has 6 nitrogen and oxygen atoms in total. The number of nitrogens with one attached hydrogen (secondary N) is 1. The summed E-state index contributed by atoms with van der Waals surface area (Å²) in [5.74, 6) is -0.520. The van der Waals surface area contributed by atoms with Gasteiger partial charge in [-0.25, -0.2) is 23.5 Å². The number of carbonyl (C=O) groups is 1. The van der Waals surface area contributed by atoms with Crippen LogP contribution in [0.1, 0.15) is 67.4 Å². The normalized spacial score (nSPS) is 36.5. The zero-order valence-electron chi connectivity index (χ0n) is 13.7. The lowest BCUT2D eigenvalue weighted by atomic mass is 9.62. The van der Waals surface area contributed by atoms with Gasteiger partial charge in [0.2, 0.25) is 5.95 Å². The van der Waals surface area contributed by atoms with Crippen molar-refractivity contribution in [3.05, 3.63) is 17.5 Å². The van der Waals surface area contributed by atoms with Gasteiger partial charge in [-0.1, -0.05) is 0 Å². The zero-order chi connectivity index (χ0) is 17.8. The Bertz CT molecular complexity index is 716. The SMILES string of the molecule is O=C(O)c1cnc(NC23CCC4CC(CC(O)(C4)C2)C3)nc1C(F)F. The third-order valence-electron chi connectivity index (χ3n) is 6.01. The Morgan fingerprint density at radius 1 is 1.32 bits per heavy atom. The molecule has 0 aliphatic heterocycles. The molecule has 3 N–H and O–H groups in total. The first kappa shape index (κ1) is 16.6.